The number of hydrogen-bond donors (Lipinski definition) is 0. The van der Waals surface area contributed by atoms with E-state index in [1.165, 1.54) is 0 Å². The molecular formula is C42H28N2. The first-order valence-corrected chi connectivity index (χ1v) is 14.3. The molecule has 0 N–H and O–H groups in total. The zero-order chi connectivity index (χ0) is 37.7. The van der Waals surface area contributed by atoms with Crippen LogP contribution >= 0.6 is 0 Å². The predicted molar refractivity (Wildman–Crippen MR) is 186 cm³/mol. The van der Waals surface area contributed by atoms with Gasteiger partial charge in [0.1, 0.15) is 0 Å². The molecule has 0 radical (unpaired) electrons. The van der Waals surface area contributed by atoms with Crippen molar-refractivity contribution < 1.29 is 13.7 Å². The summed E-state index contributed by atoms with van der Waals surface area (Å²) in [4.78, 5) is 0. The van der Waals surface area contributed by atoms with Gasteiger partial charge < -0.3 is 9.13 Å². The molecule has 0 unspecified atom stereocenters. The van der Waals surface area contributed by atoms with Gasteiger partial charge in [-0.2, -0.15) is 0 Å². The van der Waals surface area contributed by atoms with Crippen molar-refractivity contribution >= 4 is 43.6 Å². The van der Waals surface area contributed by atoms with Gasteiger partial charge in [0.25, 0.3) is 0 Å². The van der Waals surface area contributed by atoms with Crippen LogP contribution in [0.3, 0.4) is 0 Å². The van der Waals surface area contributed by atoms with E-state index in [0.29, 0.717) is 11.4 Å². The van der Waals surface area contributed by atoms with Crippen LogP contribution in [0.25, 0.3) is 77.2 Å². The molecule has 0 spiro atoms. The Kier molecular flexibility index (Phi) is 3.74. The molecule has 2 nitrogen and oxygen atoms in total. The summed E-state index contributed by atoms with van der Waals surface area (Å²) >= 11 is 0. The largest absolute Gasteiger partial charge is 0.309 e. The highest BCUT2D eigenvalue weighted by molar-refractivity contribution is 6.29. The van der Waals surface area contributed by atoms with Gasteiger partial charge in [-0.1, -0.05) is 127 Å². The van der Waals surface area contributed by atoms with E-state index in [4.69, 9.17) is 5.48 Å². The minimum absolute atomic E-state index is 0.0863. The molecule has 9 aromatic rings. The molecule has 0 bridgehead atoms. The summed E-state index contributed by atoms with van der Waals surface area (Å²) in [5, 5.41) is 0.573. The summed E-state index contributed by atoms with van der Waals surface area (Å²) in [6, 6.07) is 30.2. The SMILES string of the molecule is [2H]c1c([2H])c([2H])c2c(c1[2H])c1c3c4c([2H])c([2H])c([2H])c([2H])c4n(-c4ccccc4-c4ccccc4)c3c([2H])c([2H])c1n2-c1ccc(-c2ccccc2)cc1. The minimum Gasteiger partial charge on any atom is -0.309 e. The van der Waals surface area contributed by atoms with Crippen LogP contribution in [0.1, 0.15) is 13.7 Å². The molecule has 9 rings (SSSR count). The van der Waals surface area contributed by atoms with Crippen LogP contribution in [-0.4, -0.2) is 9.13 Å². The fraction of sp³-hybridized carbons (Fsp3) is 0. The molecule has 7 aromatic carbocycles. The van der Waals surface area contributed by atoms with Crippen molar-refractivity contribution in [2.75, 3.05) is 0 Å². The third-order valence-corrected chi connectivity index (χ3v) is 8.22. The van der Waals surface area contributed by atoms with Gasteiger partial charge in [0.15, 0.2) is 0 Å². The summed E-state index contributed by atoms with van der Waals surface area (Å²) in [6.45, 7) is 0. The van der Waals surface area contributed by atoms with E-state index in [1.54, 1.807) is 33.4 Å². The first-order valence-electron chi connectivity index (χ1n) is 19.3. The highest BCUT2D eigenvalue weighted by Gasteiger charge is 2.21. The molecule has 44 heavy (non-hydrogen) atoms. The first-order chi connectivity index (χ1) is 26.0. The fourth-order valence-corrected chi connectivity index (χ4v) is 6.30. The number of fused-ring (bicyclic) bond motifs is 7. The third-order valence-electron chi connectivity index (χ3n) is 8.22. The number of aromatic nitrogens is 2. The van der Waals surface area contributed by atoms with E-state index in [1.807, 2.05) is 84.9 Å². The van der Waals surface area contributed by atoms with Crippen LogP contribution in [0.15, 0.2) is 170 Å². The molecular weight excluding hydrogens is 532 g/mol. The summed E-state index contributed by atoms with van der Waals surface area (Å²) in [5.74, 6) is 0. The number of hydrogen-bond acceptors (Lipinski definition) is 0. The van der Waals surface area contributed by atoms with Gasteiger partial charge in [-0.25, -0.2) is 0 Å². The first kappa shape index (κ1) is 16.7. The molecule has 0 aliphatic heterocycles. The van der Waals surface area contributed by atoms with Crippen LogP contribution < -0.4 is 0 Å². The van der Waals surface area contributed by atoms with Gasteiger partial charge in [-0.05, 0) is 59.1 Å². The van der Waals surface area contributed by atoms with E-state index in [2.05, 4.69) is 0 Å². The highest BCUT2D eigenvalue weighted by Crippen LogP contribution is 2.43. The van der Waals surface area contributed by atoms with Gasteiger partial charge in [0.2, 0.25) is 0 Å². The van der Waals surface area contributed by atoms with Crippen molar-refractivity contribution in [2.24, 2.45) is 0 Å². The van der Waals surface area contributed by atoms with Crippen LogP contribution in [0.4, 0.5) is 0 Å². The summed E-state index contributed by atoms with van der Waals surface area (Å²) in [7, 11) is 0. The lowest BCUT2D eigenvalue weighted by Gasteiger charge is -2.14. The number of rotatable bonds is 4. The van der Waals surface area contributed by atoms with Crippen LogP contribution in [0.2, 0.25) is 0 Å². The number of nitrogens with zero attached hydrogens (tertiary/aromatic N) is 2. The maximum atomic E-state index is 9.68. The standard InChI is InChI=1S/C42H28N2/c1-3-13-29(14-4-1)30-23-25-32(26-24-30)43-37-21-11-8-18-34(37)41-39(43)27-28-40-42(41)35-19-9-12-22-38(35)44(40)36-20-10-7-17-33(36)31-15-5-2-6-16-31/h1-28H/i8D,9D,11D,12D,18D,19D,21D,22D,27D,28D. The smallest absolute Gasteiger partial charge is 0.0646 e. The van der Waals surface area contributed by atoms with Gasteiger partial charge in [-0.3, -0.25) is 0 Å². The van der Waals surface area contributed by atoms with E-state index < -0.39 is 24.2 Å². The summed E-state index contributed by atoms with van der Waals surface area (Å²) in [5.41, 5.74) is 4.88. The molecule has 2 heteroatoms. The zero-order valence-corrected chi connectivity index (χ0v) is 23.3. The number of para-hydroxylation sites is 3. The Morgan fingerprint density at radius 2 is 0.886 bits per heavy atom. The molecule has 2 aromatic heterocycles. The van der Waals surface area contributed by atoms with Crippen LogP contribution in [-0.2, 0) is 0 Å². The summed E-state index contributed by atoms with van der Waals surface area (Å²) in [6.07, 6.45) is 0. The lowest BCUT2D eigenvalue weighted by Crippen LogP contribution is -1.97. The molecule has 0 atom stereocenters. The van der Waals surface area contributed by atoms with Crippen molar-refractivity contribution in [2.45, 2.75) is 0 Å². The topological polar surface area (TPSA) is 9.86 Å². The Balaban J connectivity index is 1.54. The van der Waals surface area contributed by atoms with Crippen molar-refractivity contribution in [1.82, 2.24) is 9.13 Å². The highest BCUT2D eigenvalue weighted by atomic mass is 15.0. The van der Waals surface area contributed by atoms with E-state index in [9.17, 15) is 8.22 Å². The lowest BCUT2D eigenvalue weighted by molar-refractivity contribution is 1.17. The zero-order valence-electron chi connectivity index (χ0n) is 33.3. The van der Waals surface area contributed by atoms with Crippen LogP contribution in [0, 0.1) is 0 Å². The molecule has 0 fully saturated rings. The Bertz CT molecular complexity index is 3020. The maximum Gasteiger partial charge on any atom is 0.0646 e. The quantitative estimate of drug-likeness (QED) is 0.199. The normalized spacial score (nSPS) is 14.8. The molecule has 206 valence electrons. The second kappa shape index (κ2) is 9.86. The van der Waals surface area contributed by atoms with Crippen molar-refractivity contribution in [3.63, 3.8) is 0 Å². The Morgan fingerprint density at radius 1 is 0.386 bits per heavy atom. The average molecular weight is 571 g/mol. The molecule has 0 aliphatic carbocycles. The molecule has 0 saturated heterocycles. The fourth-order valence-electron chi connectivity index (χ4n) is 6.30. The average Bonchev–Trinajstić information content (AvgIpc) is 3.75. The monoisotopic (exact) mass is 570 g/mol. The van der Waals surface area contributed by atoms with Crippen molar-refractivity contribution in [3.8, 4) is 33.6 Å². The van der Waals surface area contributed by atoms with E-state index >= 15 is 0 Å². The number of benzene rings is 7. The Morgan fingerprint density at radius 3 is 1.55 bits per heavy atom. The maximum absolute atomic E-state index is 9.68. The van der Waals surface area contributed by atoms with E-state index in [0.717, 1.165) is 22.3 Å². The minimum atomic E-state index is -0.486. The second-order valence-electron chi connectivity index (χ2n) is 10.6. The molecule has 0 amide bonds. The Labute approximate surface area is 269 Å². The molecule has 0 aliphatic rings. The van der Waals surface area contributed by atoms with Crippen molar-refractivity contribution in [3.05, 3.63) is 170 Å². The Hall–Kier alpha value is -5.86. The summed E-state index contributed by atoms with van der Waals surface area (Å²) < 4.78 is 94.4. The molecule has 2 heterocycles. The van der Waals surface area contributed by atoms with Gasteiger partial charge in [0, 0.05) is 32.8 Å². The van der Waals surface area contributed by atoms with Gasteiger partial charge in [0.05, 0.1) is 41.5 Å². The van der Waals surface area contributed by atoms with Crippen LogP contribution in [0.5, 0.6) is 0 Å². The molecule has 0 saturated carbocycles. The third kappa shape index (κ3) is 3.68. The second-order valence-corrected chi connectivity index (χ2v) is 10.6. The van der Waals surface area contributed by atoms with Gasteiger partial charge in [-0.15, -0.1) is 0 Å². The lowest BCUT2D eigenvalue weighted by atomic mass is 10.0. The van der Waals surface area contributed by atoms with Crippen molar-refractivity contribution in [1.29, 1.82) is 0 Å². The van der Waals surface area contributed by atoms with E-state index in [-0.39, 0.29) is 79.9 Å². The van der Waals surface area contributed by atoms with Gasteiger partial charge >= 0.3 is 0 Å². The predicted octanol–water partition coefficient (Wildman–Crippen LogP) is 11.2.